The zero-order chi connectivity index (χ0) is 37.8. The van der Waals surface area contributed by atoms with Crippen molar-refractivity contribution in [3.63, 3.8) is 0 Å². The zero-order valence-corrected chi connectivity index (χ0v) is 34.1. The summed E-state index contributed by atoms with van der Waals surface area (Å²) >= 11 is 7.99. The number of nitrogens with one attached hydrogen (secondary N) is 1. The number of thiophene rings is 2. The van der Waals surface area contributed by atoms with Crippen LogP contribution in [0, 0.1) is 15.5 Å². The number of benzene rings is 2. The normalized spacial score (nSPS) is 13.5. The molecule has 10 nitrogen and oxygen atoms in total. The van der Waals surface area contributed by atoms with E-state index in [2.05, 4.69) is 29.0 Å². The molecule has 0 saturated carbocycles. The first-order chi connectivity index (χ1) is 24.9. The fourth-order valence-corrected chi connectivity index (χ4v) is 8.93. The summed E-state index contributed by atoms with van der Waals surface area (Å²) in [5, 5.41) is 23.1. The molecule has 0 spiro atoms. The van der Waals surface area contributed by atoms with E-state index in [-0.39, 0.29) is 17.5 Å². The van der Waals surface area contributed by atoms with Gasteiger partial charge in [0.05, 0.1) is 33.5 Å². The number of non-ortho nitro benzene ring substituents is 1. The number of hydrogen-bond donors (Lipinski definition) is 1. The molecule has 4 heterocycles. The lowest BCUT2D eigenvalue weighted by atomic mass is 10.1. The van der Waals surface area contributed by atoms with Crippen LogP contribution in [0.4, 0.5) is 17.1 Å². The summed E-state index contributed by atoms with van der Waals surface area (Å²) in [7, 11) is 7.92. The lowest BCUT2D eigenvalue weighted by molar-refractivity contribution is -0.385. The third-order valence-electron chi connectivity index (χ3n) is 7.85. The molecule has 0 saturated heterocycles. The van der Waals surface area contributed by atoms with Gasteiger partial charge in [0.25, 0.3) is 5.69 Å². The first-order valence-corrected chi connectivity index (χ1v) is 21.3. The van der Waals surface area contributed by atoms with Crippen LogP contribution in [0.25, 0.3) is 4.91 Å². The number of amides is 2. The first kappa shape index (κ1) is 41.3. The van der Waals surface area contributed by atoms with Crippen LogP contribution < -0.4 is 9.80 Å². The van der Waals surface area contributed by atoms with Crippen molar-refractivity contribution in [3.8, 4) is 0 Å². The third-order valence-corrected chi connectivity index (χ3v) is 12.6. The van der Waals surface area contributed by atoms with Crippen LogP contribution in [0.3, 0.4) is 0 Å². The molecule has 2 aromatic carbocycles. The highest BCUT2D eigenvalue weighted by Crippen LogP contribution is 2.38. The van der Waals surface area contributed by atoms with Gasteiger partial charge in [-0.3, -0.25) is 19.7 Å². The molecule has 2 aliphatic heterocycles. The molecule has 2 aromatic heterocycles. The minimum atomic E-state index is -0.415. The van der Waals surface area contributed by atoms with Crippen molar-refractivity contribution >= 4 is 97.5 Å². The van der Waals surface area contributed by atoms with Gasteiger partial charge in [0.2, 0.25) is 11.8 Å². The number of rotatable bonds is 12. The predicted octanol–water partition coefficient (Wildman–Crippen LogP) is 8.04. The van der Waals surface area contributed by atoms with E-state index in [1.807, 2.05) is 80.0 Å². The number of carbonyl (C=O) groups is 2. The predicted molar refractivity (Wildman–Crippen MR) is 225 cm³/mol. The van der Waals surface area contributed by atoms with Gasteiger partial charge in [0.1, 0.15) is 0 Å². The largest absolute Gasteiger partial charge is 0.309 e. The van der Waals surface area contributed by atoms with Crippen LogP contribution in [0.2, 0.25) is 0 Å². The fraction of sp³-hybridized carbons (Fsp3) is 0.324. The number of hydrogen-bond acceptors (Lipinski definition) is 12. The Morgan fingerprint density at radius 1 is 0.846 bits per heavy atom. The second kappa shape index (κ2) is 20.1. The Morgan fingerprint density at radius 3 is 1.85 bits per heavy atom. The summed E-state index contributed by atoms with van der Waals surface area (Å²) in [6.45, 7) is 6.80. The minimum absolute atomic E-state index is 0.0493. The fourth-order valence-electron chi connectivity index (χ4n) is 5.04. The molecule has 0 aliphatic carbocycles. The second-order valence-electron chi connectivity index (χ2n) is 12.2. The van der Waals surface area contributed by atoms with Crippen molar-refractivity contribution in [2.75, 3.05) is 81.9 Å². The standard InChI is InChI=1S/C18H21N3OS2.C12H15N3O3S.C7H8S2/c1-20(2)7-8-21-15-6-5-13(11-17(15)24-12-18(21)22)10-14(19)16-4-3-9-23-16;1-13(2)5-6-14-10-4-3-9(15(17)18)7-11(10)19-8-12(14)16;1-6(8-2)7-4-3-5-9-7/h3-6,9,11,19H,7-8,10,12H2,1-2H3;3-4,7H,5-6,8H2,1-2H3;3-5H,1H2,2H3. The Morgan fingerprint density at radius 2 is 1.37 bits per heavy atom. The second-order valence-corrected chi connectivity index (χ2v) is 17.1. The van der Waals surface area contributed by atoms with Crippen LogP contribution in [-0.2, 0) is 16.0 Å². The smallest absolute Gasteiger partial charge is 0.270 e. The Labute approximate surface area is 326 Å². The van der Waals surface area contributed by atoms with E-state index in [0.717, 1.165) is 49.6 Å². The molecule has 15 heteroatoms. The molecular weight excluding hydrogens is 753 g/mol. The summed E-state index contributed by atoms with van der Waals surface area (Å²) in [5.41, 5.74) is 3.61. The van der Waals surface area contributed by atoms with Gasteiger partial charge in [-0.25, -0.2) is 0 Å². The summed E-state index contributed by atoms with van der Waals surface area (Å²) in [6, 6.07) is 19.0. The third kappa shape index (κ3) is 11.8. The van der Waals surface area contributed by atoms with Crippen LogP contribution in [0.15, 0.2) is 87.8 Å². The molecule has 6 rings (SSSR count). The highest BCUT2D eigenvalue weighted by atomic mass is 32.2. The molecule has 4 aromatic rings. The quantitative estimate of drug-likeness (QED) is 0.0865. The average molecular weight is 797 g/mol. The van der Waals surface area contributed by atoms with Crippen molar-refractivity contribution < 1.29 is 14.5 Å². The highest BCUT2D eigenvalue weighted by molar-refractivity contribution is 8.07. The highest BCUT2D eigenvalue weighted by Gasteiger charge is 2.27. The number of nitro groups is 1. The molecule has 0 atom stereocenters. The molecule has 2 aliphatic rings. The van der Waals surface area contributed by atoms with E-state index in [0.29, 0.717) is 36.7 Å². The molecule has 276 valence electrons. The van der Waals surface area contributed by atoms with Crippen LogP contribution in [-0.4, -0.2) is 104 Å². The average Bonchev–Trinajstić information content (AvgIpc) is 3.87. The van der Waals surface area contributed by atoms with Gasteiger partial charge >= 0.3 is 0 Å². The molecule has 0 fully saturated rings. The molecule has 52 heavy (non-hydrogen) atoms. The maximum Gasteiger partial charge on any atom is 0.270 e. The first-order valence-electron chi connectivity index (χ1n) is 16.3. The number of anilines is 2. The lowest BCUT2D eigenvalue weighted by Gasteiger charge is -2.30. The van der Waals surface area contributed by atoms with Gasteiger partial charge in [-0.1, -0.05) is 24.8 Å². The lowest BCUT2D eigenvalue weighted by Crippen LogP contribution is -2.39. The minimum Gasteiger partial charge on any atom is -0.309 e. The summed E-state index contributed by atoms with van der Waals surface area (Å²) in [4.78, 5) is 47.6. The van der Waals surface area contributed by atoms with Crippen LogP contribution in [0.5, 0.6) is 0 Å². The van der Waals surface area contributed by atoms with Crippen molar-refractivity contribution in [2.45, 2.75) is 16.2 Å². The van der Waals surface area contributed by atoms with Gasteiger partial charge in [-0.2, -0.15) is 0 Å². The Kier molecular flexibility index (Phi) is 16.0. The van der Waals surface area contributed by atoms with Crippen molar-refractivity contribution in [1.82, 2.24) is 9.80 Å². The number of likely N-dealkylation sites (N-methyl/N-ethyl adjacent to an activating group) is 2. The number of thioether (sulfide) groups is 3. The summed E-state index contributed by atoms with van der Waals surface area (Å²) in [5.74, 6) is 1.05. The van der Waals surface area contributed by atoms with Gasteiger partial charge in [-0.15, -0.1) is 58.0 Å². The number of fused-ring (bicyclic) bond motifs is 2. The zero-order valence-electron chi connectivity index (χ0n) is 30.0. The maximum absolute atomic E-state index is 12.2. The van der Waals surface area contributed by atoms with Crippen molar-refractivity contribution in [3.05, 3.63) is 103 Å². The molecule has 0 unspecified atom stereocenters. The molecule has 2 amide bonds. The van der Waals surface area contributed by atoms with Crippen molar-refractivity contribution in [2.24, 2.45) is 0 Å². The van der Waals surface area contributed by atoms with Gasteiger partial charge in [0.15, 0.2) is 0 Å². The molecule has 1 N–H and O–H groups in total. The van der Waals surface area contributed by atoms with E-state index in [1.54, 1.807) is 57.2 Å². The van der Waals surface area contributed by atoms with E-state index >= 15 is 0 Å². The van der Waals surface area contributed by atoms with E-state index in [4.69, 9.17) is 5.41 Å². The Balaban J connectivity index is 0.000000192. The Bertz CT molecular complexity index is 1850. The van der Waals surface area contributed by atoms with E-state index in [9.17, 15) is 19.7 Å². The van der Waals surface area contributed by atoms with Gasteiger partial charge in [0, 0.05) is 69.2 Å². The molecule has 0 bridgehead atoms. The molecule has 0 radical (unpaired) electrons. The topological polar surface area (TPSA) is 114 Å². The van der Waals surface area contributed by atoms with Crippen LogP contribution in [0.1, 0.15) is 15.3 Å². The summed E-state index contributed by atoms with van der Waals surface area (Å²) in [6.07, 6.45) is 2.67. The van der Waals surface area contributed by atoms with Gasteiger partial charge < -0.3 is 25.0 Å². The summed E-state index contributed by atoms with van der Waals surface area (Å²) < 4.78 is 0. The number of nitro benzene ring substituents is 1. The molecular formula is C37H44N6O4S5. The van der Waals surface area contributed by atoms with E-state index < -0.39 is 4.92 Å². The van der Waals surface area contributed by atoms with Crippen molar-refractivity contribution in [1.29, 1.82) is 5.41 Å². The van der Waals surface area contributed by atoms with Crippen LogP contribution >= 0.6 is 58.0 Å². The monoisotopic (exact) mass is 796 g/mol. The Hall–Kier alpha value is -3.44. The maximum atomic E-state index is 12.2. The number of nitrogens with zero attached hydrogens (tertiary/aromatic N) is 5. The SMILES string of the molecule is C=C(SC)c1cccs1.CN(C)CCN1C(=O)CSc2cc(CC(=N)c3cccs3)ccc21.CN(C)CCN1C(=O)CSc2cc([N+](=O)[O-])ccc21. The van der Waals surface area contributed by atoms with E-state index in [1.165, 1.54) is 28.8 Å². The van der Waals surface area contributed by atoms with Gasteiger partial charge in [-0.05, 0) is 81.1 Å². The number of carbonyl (C=O) groups excluding carboxylic acids is 2.